The van der Waals surface area contributed by atoms with E-state index in [0.717, 1.165) is 11.1 Å². The maximum atomic E-state index is 12.6. The normalized spacial score (nSPS) is 14.9. The van der Waals surface area contributed by atoms with Crippen molar-refractivity contribution < 1.29 is 0 Å². The molecule has 10 heteroatoms. The van der Waals surface area contributed by atoms with E-state index < -0.39 is 6.04 Å². The second kappa shape index (κ2) is 6.43. The Morgan fingerprint density at radius 3 is 2.61 bits per heavy atom. The Labute approximate surface area is 168 Å². The van der Waals surface area contributed by atoms with Crippen molar-refractivity contribution in [3.63, 3.8) is 0 Å². The predicted octanol–water partition coefficient (Wildman–Crippen LogP) is 3.42. The number of rotatable bonds is 2. The van der Waals surface area contributed by atoms with Crippen molar-refractivity contribution >= 4 is 34.8 Å². The van der Waals surface area contributed by atoms with Gasteiger partial charge in [0.2, 0.25) is 5.95 Å². The van der Waals surface area contributed by atoms with Gasteiger partial charge in [-0.1, -0.05) is 58.6 Å². The Kier molecular flexibility index (Phi) is 3.88. The average molecular weight is 412 g/mol. The molecule has 0 unspecified atom stereocenters. The van der Waals surface area contributed by atoms with Crippen LogP contribution in [0.5, 0.6) is 0 Å². The van der Waals surface area contributed by atoms with Crippen LogP contribution in [0.25, 0.3) is 11.3 Å². The van der Waals surface area contributed by atoms with Crippen LogP contribution in [-0.4, -0.2) is 30.4 Å². The first-order valence-corrected chi connectivity index (χ1v) is 9.07. The molecule has 0 fully saturated rings. The van der Waals surface area contributed by atoms with Crippen LogP contribution in [0, 0.1) is 0 Å². The Bertz CT molecular complexity index is 1250. The lowest BCUT2D eigenvalue weighted by Crippen LogP contribution is -2.29. The maximum absolute atomic E-state index is 12.6. The molecule has 3 heterocycles. The van der Waals surface area contributed by atoms with E-state index in [9.17, 15) is 4.79 Å². The second-order valence-corrected chi connectivity index (χ2v) is 7.04. The molecule has 1 aliphatic rings. The van der Waals surface area contributed by atoms with E-state index in [1.165, 1.54) is 0 Å². The second-order valence-electron chi connectivity index (χ2n) is 6.19. The number of hydrogen-bond acceptors (Lipinski definition) is 6. The number of aromatic nitrogens is 6. The summed E-state index contributed by atoms with van der Waals surface area (Å²) < 4.78 is 1.59. The fraction of sp³-hybridized carbons (Fsp3) is 0.0556. The van der Waals surface area contributed by atoms with Crippen molar-refractivity contribution in [3.8, 4) is 11.3 Å². The zero-order valence-corrected chi connectivity index (χ0v) is 15.6. The first-order chi connectivity index (χ1) is 13.6. The van der Waals surface area contributed by atoms with Crippen LogP contribution in [0.1, 0.15) is 17.2 Å². The number of benzene rings is 2. The van der Waals surface area contributed by atoms with E-state index in [4.69, 9.17) is 23.2 Å². The monoisotopic (exact) mass is 411 g/mol. The first kappa shape index (κ1) is 16.9. The molecule has 0 aliphatic carbocycles. The molecule has 0 bridgehead atoms. The van der Waals surface area contributed by atoms with E-state index in [2.05, 4.69) is 31.0 Å². The summed E-state index contributed by atoms with van der Waals surface area (Å²) in [7, 11) is 0. The highest BCUT2D eigenvalue weighted by Crippen LogP contribution is 2.42. The Morgan fingerprint density at radius 2 is 1.82 bits per heavy atom. The molecule has 4 aromatic rings. The van der Waals surface area contributed by atoms with E-state index in [-0.39, 0.29) is 5.56 Å². The molecule has 2 N–H and O–H groups in total. The van der Waals surface area contributed by atoms with Gasteiger partial charge in [0.15, 0.2) is 0 Å². The van der Waals surface area contributed by atoms with Crippen LogP contribution in [0.4, 0.5) is 11.6 Å². The van der Waals surface area contributed by atoms with Gasteiger partial charge in [-0.15, -0.1) is 0 Å². The highest BCUT2D eigenvalue weighted by molar-refractivity contribution is 6.31. The van der Waals surface area contributed by atoms with Gasteiger partial charge in [0, 0.05) is 26.7 Å². The van der Waals surface area contributed by atoms with Crippen LogP contribution in [0.15, 0.2) is 53.3 Å². The van der Waals surface area contributed by atoms with Crippen LogP contribution in [0.2, 0.25) is 10.0 Å². The molecule has 0 radical (unpaired) electrons. The molecule has 1 aliphatic heterocycles. The number of H-pyrrole nitrogens is 1. The number of hydrogen-bond donors (Lipinski definition) is 2. The zero-order chi connectivity index (χ0) is 19.3. The van der Waals surface area contributed by atoms with Crippen LogP contribution >= 0.6 is 23.2 Å². The number of halogens is 2. The minimum Gasteiger partial charge on any atom is -0.318 e. The average Bonchev–Trinajstić information content (AvgIpc) is 3.17. The molecule has 2 aromatic carbocycles. The highest BCUT2D eigenvalue weighted by Gasteiger charge is 2.35. The minimum absolute atomic E-state index is 0.326. The van der Waals surface area contributed by atoms with Gasteiger partial charge >= 0.3 is 0 Å². The summed E-state index contributed by atoms with van der Waals surface area (Å²) in [5, 5.41) is 22.8. The summed E-state index contributed by atoms with van der Waals surface area (Å²) in [5.41, 5.74) is 2.69. The Hall–Kier alpha value is -3.23. The summed E-state index contributed by atoms with van der Waals surface area (Å²) in [6.07, 6.45) is 0. The molecule has 1 atom stereocenters. The maximum Gasteiger partial charge on any atom is 0.288 e. The number of aromatic amines is 1. The van der Waals surface area contributed by atoms with Crippen molar-refractivity contribution in [1.29, 1.82) is 0 Å². The molecule has 0 spiro atoms. The number of tetrazole rings is 1. The van der Waals surface area contributed by atoms with Gasteiger partial charge in [-0.2, -0.15) is 9.78 Å². The van der Waals surface area contributed by atoms with Gasteiger partial charge in [-0.25, -0.2) is 5.10 Å². The van der Waals surface area contributed by atoms with E-state index in [1.54, 1.807) is 22.9 Å². The fourth-order valence-corrected chi connectivity index (χ4v) is 3.71. The van der Waals surface area contributed by atoms with Crippen molar-refractivity contribution in [1.82, 2.24) is 30.4 Å². The Morgan fingerprint density at radius 1 is 1.04 bits per heavy atom. The predicted molar refractivity (Wildman–Crippen MR) is 105 cm³/mol. The van der Waals surface area contributed by atoms with Crippen molar-refractivity contribution in [2.45, 2.75) is 6.04 Å². The van der Waals surface area contributed by atoms with Crippen LogP contribution < -0.4 is 10.9 Å². The number of nitrogens with zero attached hydrogens (tertiary/aromatic N) is 5. The smallest absolute Gasteiger partial charge is 0.288 e. The quantitative estimate of drug-likeness (QED) is 0.461. The minimum atomic E-state index is -0.532. The van der Waals surface area contributed by atoms with Gasteiger partial charge in [0.1, 0.15) is 11.7 Å². The van der Waals surface area contributed by atoms with Gasteiger partial charge in [0.05, 0.1) is 5.69 Å². The Balaban J connectivity index is 1.84. The largest absolute Gasteiger partial charge is 0.318 e. The topological polar surface area (TPSA) is 101 Å². The lowest BCUT2D eigenvalue weighted by Gasteiger charge is -2.28. The first-order valence-electron chi connectivity index (χ1n) is 8.31. The van der Waals surface area contributed by atoms with E-state index >= 15 is 0 Å². The fourth-order valence-electron chi connectivity index (χ4n) is 3.35. The number of anilines is 2. The number of nitrogens with one attached hydrogen (secondary N) is 2. The molecule has 28 heavy (non-hydrogen) atoms. The van der Waals surface area contributed by atoms with Crippen molar-refractivity contribution in [2.24, 2.45) is 0 Å². The van der Waals surface area contributed by atoms with Crippen LogP contribution in [0.3, 0.4) is 0 Å². The molecular formula is C18H11Cl2N7O. The third kappa shape index (κ3) is 2.57. The van der Waals surface area contributed by atoms with Crippen LogP contribution in [-0.2, 0) is 0 Å². The van der Waals surface area contributed by atoms with Gasteiger partial charge in [-0.05, 0) is 28.6 Å². The summed E-state index contributed by atoms with van der Waals surface area (Å²) in [6.45, 7) is 0. The van der Waals surface area contributed by atoms with Crippen molar-refractivity contribution in [2.75, 3.05) is 5.32 Å². The summed E-state index contributed by atoms with van der Waals surface area (Å²) >= 11 is 12.5. The van der Waals surface area contributed by atoms with E-state index in [0.29, 0.717) is 32.9 Å². The lowest BCUT2D eigenvalue weighted by molar-refractivity contribution is 0.567. The standard InChI is InChI=1S/C18H11Cl2N7O/c19-10-7-5-9(6-8-10)14-13-15(17(28)23-22-14)21-18-24-25-26-27(18)16(13)11-3-1-2-4-12(11)20/h1-8,16H,(H,23,28)(H,21,24,26)/t16-/m0/s1. The molecule has 0 amide bonds. The SMILES string of the molecule is O=c1[nH]nc(-c2ccc(Cl)cc2)c2c1Nc1nnnn1[C@H]2c1ccccc1Cl. The van der Waals surface area contributed by atoms with E-state index in [1.807, 2.05) is 30.3 Å². The molecule has 2 aromatic heterocycles. The molecular weight excluding hydrogens is 401 g/mol. The molecule has 138 valence electrons. The third-order valence-corrected chi connectivity index (χ3v) is 5.18. The molecule has 8 nitrogen and oxygen atoms in total. The molecule has 0 saturated carbocycles. The molecule has 5 rings (SSSR count). The summed E-state index contributed by atoms with van der Waals surface area (Å²) in [6, 6.07) is 14.0. The van der Waals surface area contributed by atoms with Crippen molar-refractivity contribution in [3.05, 3.63) is 80.1 Å². The lowest BCUT2D eigenvalue weighted by atomic mass is 9.92. The van der Waals surface area contributed by atoms with Gasteiger partial charge in [0.25, 0.3) is 5.56 Å². The zero-order valence-electron chi connectivity index (χ0n) is 14.1. The number of fused-ring (bicyclic) bond motifs is 2. The summed E-state index contributed by atoms with van der Waals surface area (Å²) in [4.78, 5) is 12.6. The van der Waals surface area contributed by atoms with Gasteiger partial charge in [-0.3, -0.25) is 4.79 Å². The highest BCUT2D eigenvalue weighted by atomic mass is 35.5. The van der Waals surface area contributed by atoms with Gasteiger partial charge < -0.3 is 5.32 Å². The third-order valence-electron chi connectivity index (χ3n) is 4.59. The summed E-state index contributed by atoms with van der Waals surface area (Å²) in [5.74, 6) is 0.344. The molecule has 0 saturated heterocycles.